The summed E-state index contributed by atoms with van der Waals surface area (Å²) >= 11 is 0. The number of anilines is 1. The Balaban J connectivity index is 1.46. The summed E-state index contributed by atoms with van der Waals surface area (Å²) in [5, 5.41) is 9.85. The lowest BCUT2D eigenvalue weighted by Gasteiger charge is -2.07. The van der Waals surface area contributed by atoms with Crippen LogP contribution in [0.1, 0.15) is 25.0 Å². The highest BCUT2D eigenvalue weighted by Gasteiger charge is 2.67. The molecule has 2 N–H and O–H groups in total. The highest BCUT2D eigenvalue weighted by Crippen LogP contribution is 2.69. The van der Waals surface area contributed by atoms with Crippen molar-refractivity contribution >= 4 is 11.7 Å². The van der Waals surface area contributed by atoms with Crippen LogP contribution in [-0.4, -0.2) is 16.1 Å². The molecular weight excluding hydrogens is 214 g/mol. The molecule has 90 valence electrons. The van der Waals surface area contributed by atoms with Crippen molar-refractivity contribution in [3.63, 3.8) is 0 Å². The summed E-state index contributed by atoms with van der Waals surface area (Å²) in [6.07, 6.45) is 4.11. The van der Waals surface area contributed by atoms with Gasteiger partial charge in [0.15, 0.2) is 5.82 Å². The van der Waals surface area contributed by atoms with Gasteiger partial charge in [-0.2, -0.15) is 5.10 Å². The molecule has 4 nitrogen and oxygen atoms in total. The predicted octanol–water partition coefficient (Wildman–Crippen LogP) is 1.95. The van der Waals surface area contributed by atoms with Gasteiger partial charge in [-0.15, -0.1) is 0 Å². The molecule has 3 fully saturated rings. The van der Waals surface area contributed by atoms with Gasteiger partial charge >= 0.3 is 0 Å². The zero-order chi connectivity index (χ0) is 11.6. The van der Waals surface area contributed by atoms with Crippen molar-refractivity contribution in [3.05, 3.63) is 11.8 Å². The molecule has 0 saturated heterocycles. The van der Waals surface area contributed by atoms with Crippen LogP contribution in [0.25, 0.3) is 0 Å². The van der Waals surface area contributed by atoms with E-state index in [4.69, 9.17) is 0 Å². The molecule has 0 radical (unpaired) electrons. The van der Waals surface area contributed by atoms with Crippen molar-refractivity contribution in [1.29, 1.82) is 0 Å². The molecule has 3 saturated carbocycles. The van der Waals surface area contributed by atoms with E-state index in [1.807, 2.05) is 13.0 Å². The molecule has 0 aromatic carbocycles. The second-order valence-electron chi connectivity index (χ2n) is 5.94. The van der Waals surface area contributed by atoms with Gasteiger partial charge in [-0.1, -0.05) is 0 Å². The second-order valence-corrected chi connectivity index (χ2v) is 5.94. The number of hydrogen-bond donors (Lipinski definition) is 2. The molecule has 17 heavy (non-hydrogen) atoms. The quantitative estimate of drug-likeness (QED) is 0.817. The molecule has 1 amide bonds. The lowest BCUT2D eigenvalue weighted by Crippen LogP contribution is -2.18. The molecule has 1 aromatic rings. The first-order valence-electron chi connectivity index (χ1n) is 6.57. The molecule has 1 heterocycles. The highest BCUT2D eigenvalue weighted by atomic mass is 16.2. The Hall–Kier alpha value is -1.32. The topological polar surface area (TPSA) is 57.8 Å². The van der Waals surface area contributed by atoms with E-state index in [0.29, 0.717) is 23.6 Å². The molecule has 2 bridgehead atoms. The van der Waals surface area contributed by atoms with E-state index >= 15 is 0 Å². The number of hydrogen-bond acceptors (Lipinski definition) is 2. The smallest absolute Gasteiger partial charge is 0.229 e. The van der Waals surface area contributed by atoms with E-state index in [1.54, 1.807) is 0 Å². The highest BCUT2D eigenvalue weighted by molar-refractivity contribution is 5.94. The fourth-order valence-corrected chi connectivity index (χ4v) is 4.37. The summed E-state index contributed by atoms with van der Waals surface area (Å²) < 4.78 is 0. The van der Waals surface area contributed by atoms with Crippen LogP contribution in [0, 0.1) is 36.5 Å². The number of carbonyl (C=O) groups excluding carboxylic acids is 1. The van der Waals surface area contributed by atoms with Crippen LogP contribution >= 0.6 is 0 Å². The molecule has 4 heteroatoms. The van der Waals surface area contributed by atoms with Gasteiger partial charge in [0.05, 0.1) is 0 Å². The number of nitrogens with one attached hydrogen (secondary N) is 2. The largest absolute Gasteiger partial charge is 0.309 e. The van der Waals surface area contributed by atoms with Gasteiger partial charge in [-0.3, -0.25) is 9.89 Å². The summed E-state index contributed by atoms with van der Waals surface area (Å²) in [4.78, 5) is 12.2. The van der Waals surface area contributed by atoms with Crippen molar-refractivity contribution < 1.29 is 4.79 Å². The minimum Gasteiger partial charge on any atom is -0.309 e. The van der Waals surface area contributed by atoms with Crippen LogP contribution < -0.4 is 5.32 Å². The number of H-pyrrole nitrogens is 1. The molecular formula is C13H17N3O. The second kappa shape index (κ2) is 3.12. The third kappa shape index (κ3) is 1.30. The standard InChI is InChI=1S/C13H17N3O/c1-6-4-9(16-15-6)14-13(17)12-10-7-2-3-8(5-7)11(10)12/h4,7-8,10-12H,2-3,5H2,1H3,(H2,14,15,16,17). The number of aromatic amines is 1. The maximum atomic E-state index is 12.2. The van der Waals surface area contributed by atoms with Gasteiger partial charge in [0, 0.05) is 17.7 Å². The van der Waals surface area contributed by atoms with E-state index in [1.165, 1.54) is 19.3 Å². The first-order chi connectivity index (χ1) is 8.24. The summed E-state index contributed by atoms with van der Waals surface area (Å²) in [5.74, 6) is 4.26. The van der Waals surface area contributed by atoms with Gasteiger partial charge in [0.2, 0.25) is 5.91 Å². The molecule has 1 aromatic heterocycles. The molecule has 0 spiro atoms. The summed E-state index contributed by atoms with van der Waals surface area (Å²) in [5.41, 5.74) is 0.983. The minimum absolute atomic E-state index is 0.197. The number of nitrogens with zero attached hydrogens (tertiary/aromatic N) is 1. The van der Waals surface area contributed by atoms with Crippen LogP contribution in [0.5, 0.6) is 0 Å². The fourth-order valence-electron chi connectivity index (χ4n) is 4.37. The molecule has 4 rings (SSSR count). The van der Waals surface area contributed by atoms with E-state index in [-0.39, 0.29) is 5.91 Å². The van der Waals surface area contributed by atoms with Crippen molar-refractivity contribution in [2.24, 2.45) is 29.6 Å². The Bertz CT molecular complexity index is 465. The molecule has 4 atom stereocenters. The fraction of sp³-hybridized carbons (Fsp3) is 0.692. The number of aryl methyl sites for hydroxylation is 1. The third-order valence-electron chi connectivity index (χ3n) is 5.00. The SMILES string of the molecule is Cc1cc(NC(=O)C2C3C4CCC(C4)C23)n[nH]1. The van der Waals surface area contributed by atoms with E-state index in [2.05, 4.69) is 15.5 Å². The average Bonchev–Trinajstić information content (AvgIpc) is 2.65. The van der Waals surface area contributed by atoms with Crippen LogP contribution in [0.2, 0.25) is 0 Å². The van der Waals surface area contributed by atoms with Crippen molar-refractivity contribution in [3.8, 4) is 0 Å². The third-order valence-corrected chi connectivity index (χ3v) is 5.00. The lowest BCUT2D eigenvalue weighted by molar-refractivity contribution is -0.118. The van der Waals surface area contributed by atoms with E-state index in [9.17, 15) is 4.79 Å². The summed E-state index contributed by atoms with van der Waals surface area (Å²) in [6.45, 7) is 1.94. The van der Waals surface area contributed by atoms with E-state index in [0.717, 1.165) is 17.5 Å². The number of aromatic nitrogens is 2. The molecule has 3 aliphatic carbocycles. The molecule has 0 aliphatic heterocycles. The minimum atomic E-state index is 0.197. The van der Waals surface area contributed by atoms with Crippen LogP contribution in [0.4, 0.5) is 5.82 Å². The van der Waals surface area contributed by atoms with Crippen LogP contribution in [0.3, 0.4) is 0 Å². The van der Waals surface area contributed by atoms with Gasteiger partial charge in [-0.05, 0) is 49.9 Å². The number of rotatable bonds is 2. The zero-order valence-corrected chi connectivity index (χ0v) is 9.94. The predicted molar refractivity (Wildman–Crippen MR) is 63.3 cm³/mol. The Labute approximate surface area is 100 Å². The Kier molecular flexibility index (Phi) is 1.78. The van der Waals surface area contributed by atoms with Gasteiger partial charge in [0.1, 0.15) is 0 Å². The molecule has 3 aliphatic rings. The lowest BCUT2D eigenvalue weighted by atomic mass is 10.0. The van der Waals surface area contributed by atoms with Gasteiger partial charge in [-0.25, -0.2) is 0 Å². The Morgan fingerprint density at radius 2 is 2.12 bits per heavy atom. The summed E-state index contributed by atoms with van der Waals surface area (Å²) in [7, 11) is 0. The average molecular weight is 231 g/mol. The molecule has 4 unspecified atom stereocenters. The van der Waals surface area contributed by atoms with Crippen molar-refractivity contribution in [2.45, 2.75) is 26.2 Å². The van der Waals surface area contributed by atoms with Gasteiger partial charge in [0.25, 0.3) is 0 Å². The van der Waals surface area contributed by atoms with Crippen LogP contribution in [0.15, 0.2) is 6.07 Å². The monoisotopic (exact) mass is 231 g/mol. The first kappa shape index (κ1) is 9.68. The van der Waals surface area contributed by atoms with Crippen molar-refractivity contribution in [1.82, 2.24) is 10.2 Å². The van der Waals surface area contributed by atoms with E-state index < -0.39 is 0 Å². The first-order valence-corrected chi connectivity index (χ1v) is 6.57. The Morgan fingerprint density at radius 3 is 2.71 bits per heavy atom. The summed E-state index contributed by atoms with van der Waals surface area (Å²) in [6, 6.07) is 1.88. The number of carbonyl (C=O) groups is 1. The zero-order valence-electron chi connectivity index (χ0n) is 9.94. The van der Waals surface area contributed by atoms with Gasteiger partial charge < -0.3 is 5.32 Å². The number of amides is 1. The maximum Gasteiger partial charge on any atom is 0.229 e. The number of fused-ring (bicyclic) bond motifs is 5. The van der Waals surface area contributed by atoms with Crippen LogP contribution in [-0.2, 0) is 4.79 Å². The normalized spacial score (nSPS) is 41.4. The maximum absolute atomic E-state index is 12.2. The Morgan fingerprint density at radius 1 is 1.41 bits per heavy atom. The van der Waals surface area contributed by atoms with Crippen molar-refractivity contribution in [2.75, 3.05) is 5.32 Å².